The average molecular weight is 242 g/mol. The molecule has 1 fully saturated rings. The molecule has 1 saturated heterocycles. The Bertz CT molecular complexity index is 261. The van der Waals surface area contributed by atoms with Crippen molar-refractivity contribution in [1.82, 2.24) is 10.2 Å². The first-order valence-electron chi connectivity index (χ1n) is 6.40. The molecule has 1 aliphatic heterocycles. The molecule has 0 bridgehead atoms. The summed E-state index contributed by atoms with van der Waals surface area (Å²) in [6.07, 6.45) is 1.03. The molecule has 1 N–H and O–H groups in total. The monoisotopic (exact) mass is 242 g/mol. The minimum atomic E-state index is -0.254. The van der Waals surface area contributed by atoms with Gasteiger partial charge in [0.2, 0.25) is 5.91 Å². The lowest BCUT2D eigenvalue weighted by Gasteiger charge is -2.35. The number of piperidine rings is 1. The maximum atomic E-state index is 11.7. The topological polar surface area (TPSA) is 41.6 Å². The Labute approximate surface area is 105 Å². The van der Waals surface area contributed by atoms with Crippen LogP contribution in [0.4, 0.5) is 0 Å². The van der Waals surface area contributed by atoms with E-state index in [-0.39, 0.29) is 18.1 Å². The molecule has 0 aromatic heterocycles. The van der Waals surface area contributed by atoms with Gasteiger partial charge in [0.1, 0.15) is 6.61 Å². The predicted octanol–water partition coefficient (Wildman–Crippen LogP) is 1.26. The van der Waals surface area contributed by atoms with Crippen LogP contribution in [0.15, 0.2) is 0 Å². The fourth-order valence-electron chi connectivity index (χ4n) is 2.10. The molecule has 100 valence electrons. The molecule has 1 heterocycles. The van der Waals surface area contributed by atoms with E-state index >= 15 is 0 Å². The van der Waals surface area contributed by atoms with E-state index in [1.807, 2.05) is 20.8 Å². The summed E-state index contributed by atoms with van der Waals surface area (Å²) in [5, 5.41) is 3.07. The maximum absolute atomic E-state index is 11.7. The summed E-state index contributed by atoms with van der Waals surface area (Å²) in [5.74, 6) is 0.508. The number of likely N-dealkylation sites (tertiary alicyclic amines) is 1. The van der Waals surface area contributed by atoms with Crippen molar-refractivity contribution in [3.8, 4) is 0 Å². The van der Waals surface area contributed by atoms with Gasteiger partial charge in [0.15, 0.2) is 0 Å². The van der Waals surface area contributed by atoms with Crippen molar-refractivity contribution < 1.29 is 9.53 Å². The van der Waals surface area contributed by atoms with Crippen LogP contribution in [0.1, 0.15) is 34.1 Å². The van der Waals surface area contributed by atoms with Gasteiger partial charge in [-0.1, -0.05) is 6.92 Å². The molecule has 4 heteroatoms. The zero-order valence-corrected chi connectivity index (χ0v) is 11.7. The van der Waals surface area contributed by atoms with Crippen molar-refractivity contribution in [1.29, 1.82) is 0 Å². The fourth-order valence-corrected chi connectivity index (χ4v) is 2.10. The number of carbonyl (C=O) groups excluding carboxylic acids is 1. The number of hydrogen-bond donors (Lipinski definition) is 1. The number of nitrogens with zero attached hydrogens (tertiary/aromatic N) is 1. The first kappa shape index (κ1) is 14.5. The van der Waals surface area contributed by atoms with Crippen LogP contribution in [0.25, 0.3) is 0 Å². The van der Waals surface area contributed by atoms with Gasteiger partial charge in [-0.2, -0.15) is 0 Å². The molecule has 1 rings (SSSR count). The summed E-state index contributed by atoms with van der Waals surface area (Å²) >= 11 is 0. The zero-order valence-electron chi connectivity index (χ0n) is 11.7. The maximum Gasteiger partial charge on any atom is 0.246 e. The molecular formula is C13H26N2O2. The van der Waals surface area contributed by atoms with E-state index in [9.17, 15) is 4.79 Å². The smallest absolute Gasteiger partial charge is 0.246 e. The lowest BCUT2D eigenvalue weighted by Crippen LogP contribution is -2.50. The molecule has 1 amide bonds. The molecule has 0 aromatic carbocycles. The van der Waals surface area contributed by atoms with Crippen molar-refractivity contribution in [2.75, 3.05) is 26.7 Å². The van der Waals surface area contributed by atoms with Gasteiger partial charge >= 0.3 is 0 Å². The van der Waals surface area contributed by atoms with Gasteiger partial charge in [-0.05, 0) is 46.7 Å². The minimum Gasteiger partial charge on any atom is -0.366 e. The van der Waals surface area contributed by atoms with Crippen LogP contribution in [0.3, 0.4) is 0 Å². The van der Waals surface area contributed by atoms with Gasteiger partial charge in [0, 0.05) is 12.6 Å². The Morgan fingerprint density at radius 2 is 2.12 bits per heavy atom. The minimum absolute atomic E-state index is 0.00123. The summed E-state index contributed by atoms with van der Waals surface area (Å²) in [7, 11) is 2.12. The highest BCUT2D eigenvalue weighted by Gasteiger charge is 2.25. The molecule has 0 radical (unpaired) electrons. The molecule has 0 spiro atoms. The first-order chi connectivity index (χ1) is 7.78. The SMILES string of the molecule is CC1CN(C)CCC1NC(=O)COC(C)(C)C. The number of hydrogen-bond acceptors (Lipinski definition) is 3. The third-order valence-corrected chi connectivity index (χ3v) is 3.09. The normalized spacial score (nSPS) is 26.9. The van der Waals surface area contributed by atoms with E-state index in [1.54, 1.807) is 0 Å². The Balaban J connectivity index is 2.31. The highest BCUT2D eigenvalue weighted by molar-refractivity contribution is 5.77. The van der Waals surface area contributed by atoms with E-state index in [0.717, 1.165) is 19.5 Å². The van der Waals surface area contributed by atoms with E-state index in [1.165, 1.54) is 0 Å². The number of carbonyl (C=O) groups is 1. The molecule has 0 aromatic rings. The van der Waals surface area contributed by atoms with Crippen LogP contribution in [0, 0.1) is 5.92 Å². The molecule has 0 aliphatic carbocycles. The van der Waals surface area contributed by atoms with Crippen molar-refractivity contribution in [3.05, 3.63) is 0 Å². The number of ether oxygens (including phenoxy) is 1. The number of nitrogens with one attached hydrogen (secondary N) is 1. The van der Waals surface area contributed by atoms with Crippen molar-refractivity contribution >= 4 is 5.91 Å². The molecular weight excluding hydrogens is 216 g/mol. The van der Waals surface area contributed by atoms with E-state index in [4.69, 9.17) is 4.74 Å². The first-order valence-corrected chi connectivity index (χ1v) is 6.40. The van der Waals surface area contributed by atoms with Crippen molar-refractivity contribution in [2.45, 2.75) is 45.8 Å². The Morgan fingerprint density at radius 1 is 1.47 bits per heavy atom. The van der Waals surface area contributed by atoms with Crippen molar-refractivity contribution in [3.63, 3.8) is 0 Å². The Morgan fingerprint density at radius 3 is 2.65 bits per heavy atom. The van der Waals surface area contributed by atoms with Crippen LogP contribution < -0.4 is 5.32 Å². The second kappa shape index (κ2) is 5.83. The lowest BCUT2D eigenvalue weighted by atomic mass is 9.94. The third kappa shape index (κ3) is 5.50. The Hall–Kier alpha value is -0.610. The van der Waals surface area contributed by atoms with Crippen LogP contribution in [0.2, 0.25) is 0 Å². The zero-order chi connectivity index (χ0) is 13.1. The molecule has 0 saturated carbocycles. The summed E-state index contributed by atoms with van der Waals surface area (Å²) in [6, 6.07) is 0.294. The number of amides is 1. The van der Waals surface area contributed by atoms with Gasteiger partial charge in [-0.25, -0.2) is 0 Å². The van der Waals surface area contributed by atoms with E-state index < -0.39 is 0 Å². The Kier molecular flexibility index (Phi) is 4.95. The summed E-state index contributed by atoms with van der Waals surface area (Å²) in [4.78, 5) is 14.0. The molecule has 2 unspecified atom stereocenters. The van der Waals surface area contributed by atoms with Gasteiger partial charge in [0.25, 0.3) is 0 Å². The van der Waals surface area contributed by atoms with Crippen molar-refractivity contribution in [2.24, 2.45) is 5.92 Å². The lowest BCUT2D eigenvalue weighted by molar-refractivity contribution is -0.131. The van der Waals surface area contributed by atoms with Crippen LogP contribution in [0.5, 0.6) is 0 Å². The molecule has 4 nitrogen and oxygen atoms in total. The number of rotatable bonds is 3. The third-order valence-electron chi connectivity index (χ3n) is 3.09. The van der Waals surface area contributed by atoms with E-state index in [2.05, 4.69) is 24.2 Å². The molecule has 2 atom stereocenters. The largest absolute Gasteiger partial charge is 0.366 e. The second-order valence-corrected chi connectivity index (χ2v) is 6.10. The predicted molar refractivity (Wildman–Crippen MR) is 68.9 cm³/mol. The van der Waals surface area contributed by atoms with E-state index in [0.29, 0.717) is 12.0 Å². The quantitative estimate of drug-likeness (QED) is 0.810. The molecule has 17 heavy (non-hydrogen) atoms. The standard InChI is InChI=1S/C13H26N2O2/c1-10-8-15(5)7-6-11(10)14-12(16)9-17-13(2,3)4/h10-11H,6-9H2,1-5H3,(H,14,16). The van der Waals surface area contributed by atoms with Crippen LogP contribution in [-0.4, -0.2) is 49.2 Å². The van der Waals surface area contributed by atoms with Gasteiger partial charge in [-0.3, -0.25) is 4.79 Å². The van der Waals surface area contributed by atoms with Crippen LogP contribution in [-0.2, 0) is 9.53 Å². The highest BCUT2D eigenvalue weighted by atomic mass is 16.5. The summed E-state index contributed by atoms with van der Waals surface area (Å²) in [5.41, 5.74) is -0.254. The van der Waals surface area contributed by atoms with Gasteiger partial charge in [0.05, 0.1) is 5.60 Å². The van der Waals surface area contributed by atoms with Crippen LogP contribution >= 0.6 is 0 Å². The highest BCUT2D eigenvalue weighted by Crippen LogP contribution is 2.15. The van der Waals surface area contributed by atoms with Gasteiger partial charge < -0.3 is 15.0 Å². The summed E-state index contributed by atoms with van der Waals surface area (Å²) < 4.78 is 5.47. The fraction of sp³-hybridized carbons (Fsp3) is 0.923. The second-order valence-electron chi connectivity index (χ2n) is 6.10. The molecule has 1 aliphatic rings. The van der Waals surface area contributed by atoms with Gasteiger partial charge in [-0.15, -0.1) is 0 Å². The summed E-state index contributed by atoms with van der Waals surface area (Å²) in [6.45, 7) is 10.3. The average Bonchev–Trinajstić information content (AvgIpc) is 2.18.